The van der Waals surface area contributed by atoms with Gasteiger partial charge >= 0.3 is 0 Å². The highest BCUT2D eigenvalue weighted by molar-refractivity contribution is 5.23. The van der Waals surface area contributed by atoms with Crippen molar-refractivity contribution in [3.8, 4) is 0 Å². The standard InChI is InChI=1S/C15H26O/c1-11(2)13-7-9-14(4)8-5-6-12(3)15(14,16)10-13/h11,13,16H,3,5-10H2,1-2,4H3/t13-,14-,15+/m1/s1. The van der Waals surface area contributed by atoms with E-state index in [-0.39, 0.29) is 5.41 Å². The molecule has 0 heterocycles. The minimum atomic E-state index is -0.571. The molecule has 2 rings (SSSR count). The lowest BCUT2D eigenvalue weighted by atomic mass is 9.53. The van der Waals surface area contributed by atoms with Crippen molar-refractivity contribution in [2.75, 3.05) is 0 Å². The van der Waals surface area contributed by atoms with E-state index >= 15 is 0 Å². The van der Waals surface area contributed by atoms with E-state index in [1.165, 1.54) is 25.7 Å². The zero-order valence-electron chi connectivity index (χ0n) is 11.1. The molecule has 0 radical (unpaired) electrons. The molecule has 0 aromatic heterocycles. The van der Waals surface area contributed by atoms with Gasteiger partial charge in [-0.05, 0) is 55.9 Å². The zero-order chi connectivity index (χ0) is 12.0. The molecule has 2 saturated carbocycles. The summed E-state index contributed by atoms with van der Waals surface area (Å²) in [5, 5.41) is 11.0. The van der Waals surface area contributed by atoms with E-state index in [1.807, 2.05) is 0 Å². The minimum absolute atomic E-state index is 0.105. The summed E-state index contributed by atoms with van der Waals surface area (Å²) >= 11 is 0. The Morgan fingerprint density at radius 3 is 2.69 bits per heavy atom. The van der Waals surface area contributed by atoms with Crippen molar-refractivity contribution >= 4 is 0 Å². The summed E-state index contributed by atoms with van der Waals surface area (Å²) in [5.74, 6) is 1.36. The van der Waals surface area contributed by atoms with Crippen LogP contribution in [0, 0.1) is 17.3 Å². The molecule has 0 spiro atoms. The third kappa shape index (κ3) is 1.64. The maximum atomic E-state index is 11.0. The van der Waals surface area contributed by atoms with Gasteiger partial charge in [-0.15, -0.1) is 0 Å². The van der Waals surface area contributed by atoms with E-state index in [0.717, 1.165) is 18.4 Å². The summed E-state index contributed by atoms with van der Waals surface area (Å²) in [4.78, 5) is 0. The fourth-order valence-corrected chi connectivity index (χ4v) is 3.81. The summed E-state index contributed by atoms with van der Waals surface area (Å²) in [6, 6.07) is 0. The van der Waals surface area contributed by atoms with Crippen LogP contribution in [0.15, 0.2) is 12.2 Å². The highest BCUT2D eigenvalue weighted by Gasteiger charge is 2.53. The van der Waals surface area contributed by atoms with Crippen molar-refractivity contribution in [1.82, 2.24) is 0 Å². The van der Waals surface area contributed by atoms with E-state index in [9.17, 15) is 5.11 Å². The van der Waals surface area contributed by atoms with Gasteiger partial charge in [-0.2, -0.15) is 0 Å². The molecule has 2 aliphatic rings. The van der Waals surface area contributed by atoms with Gasteiger partial charge in [0.1, 0.15) is 0 Å². The molecule has 0 aromatic rings. The summed E-state index contributed by atoms with van der Waals surface area (Å²) < 4.78 is 0. The Morgan fingerprint density at radius 2 is 2.06 bits per heavy atom. The van der Waals surface area contributed by atoms with Gasteiger partial charge in [0.25, 0.3) is 0 Å². The molecule has 3 atom stereocenters. The molecule has 1 nitrogen and oxygen atoms in total. The van der Waals surface area contributed by atoms with Crippen LogP contribution in [0.1, 0.15) is 59.3 Å². The molecule has 0 aliphatic heterocycles. The fourth-order valence-electron chi connectivity index (χ4n) is 3.81. The lowest BCUT2D eigenvalue weighted by molar-refractivity contribution is -0.116. The molecule has 1 N–H and O–H groups in total. The van der Waals surface area contributed by atoms with Gasteiger partial charge < -0.3 is 5.11 Å². The number of fused-ring (bicyclic) bond motifs is 1. The van der Waals surface area contributed by atoms with E-state index in [0.29, 0.717) is 11.8 Å². The molecule has 2 fully saturated rings. The lowest BCUT2D eigenvalue weighted by Gasteiger charge is -2.55. The van der Waals surface area contributed by atoms with E-state index in [1.54, 1.807) is 0 Å². The van der Waals surface area contributed by atoms with E-state index in [2.05, 4.69) is 27.4 Å². The van der Waals surface area contributed by atoms with Crippen LogP contribution in [0.2, 0.25) is 0 Å². The van der Waals surface area contributed by atoms with Crippen molar-refractivity contribution in [3.63, 3.8) is 0 Å². The highest BCUT2D eigenvalue weighted by atomic mass is 16.3. The summed E-state index contributed by atoms with van der Waals surface area (Å²) in [6.45, 7) is 11.0. The van der Waals surface area contributed by atoms with Gasteiger partial charge in [0, 0.05) is 5.41 Å². The molecule has 0 bridgehead atoms. The summed E-state index contributed by atoms with van der Waals surface area (Å²) in [7, 11) is 0. The molecule has 92 valence electrons. The van der Waals surface area contributed by atoms with Crippen LogP contribution < -0.4 is 0 Å². The molecule has 0 unspecified atom stereocenters. The molecule has 1 heteroatoms. The van der Waals surface area contributed by atoms with Gasteiger partial charge in [-0.25, -0.2) is 0 Å². The molecule has 0 aromatic carbocycles. The predicted molar refractivity (Wildman–Crippen MR) is 68.2 cm³/mol. The summed E-state index contributed by atoms with van der Waals surface area (Å²) in [5.41, 5.74) is 0.637. The third-order valence-corrected chi connectivity index (χ3v) is 5.36. The Labute approximate surface area is 99.9 Å². The number of aliphatic hydroxyl groups is 1. The summed E-state index contributed by atoms with van der Waals surface area (Å²) in [6.07, 6.45) is 6.81. The predicted octanol–water partition coefficient (Wildman–Crippen LogP) is 3.92. The Balaban J connectivity index is 2.26. The van der Waals surface area contributed by atoms with Crippen molar-refractivity contribution in [2.24, 2.45) is 17.3 Å². The first-order chi connectivity index (χ1) is 7.39. The van der Waals surface area contributed by atoms with Gasteiger partial charge in [0.05, 0.1) is 5.60 Å². The van der Waals surface area contributed by atoms with Crippen LogP contribution in [0.25, 0.3) is 0 Å². The maximum Gasteiger partial charge on any atom is 0.0910 e. The van der Waals surface area contributed by atoms with Crippen molar-refractivity contribution < 1.29 is 5.11 Å². The second-order valence-corrected chi connectivity index (χ2v) is 6.62. The molecular formula is C15H26O. The lowest BCUT2D eigenvalue weighted by Crippen LogP contribution is -2.54. The number of rotatable bonds is 1. The van der Waals surface area contributed by atoms with Crippen LogP contribution in [-0.4, -0.2) is 10.7 Å². The smallest absolute Gasteiger partial charge is 0.0910 e. The topological polar surface area (TPSA) is 20.2 Å². The second kappa shape index (κ2) is 3.87. The van der Waals surface area contributed by atoms with Crippen LogP contribution >= 0.6 is 0 Å². The first kappa shape index (κ1) is 12.2. The van der Waals surface area contributed by atoms with Crippen LogP contribution in [0.5, 0.6) is 0 Å². The molecule has 2 aliphatic carbocycles. The average Bonchev–Trinajstić information content (AvgIpc) is 2.20. The molecule has 16 heavy (non-hydrogen) atoms. The molecular weight excluding hydrogens is 196 g/mol. The Morgan fingerprint density at radius 1 is 1.38 bits per heavy atom. The molecule has 0 amide bonds. The highest BCUT2D eigenvalue weighted by Crippen LogP contribution is 2.56. The first-order valence-corrected chi connectivity index (χ1v) is 6.80. The van der Waals surface area contributed by atoms with Gasteiger partial charge in [0.15, 0.2) is 0 Å². The first-order valence-electron chi connectivity index (χ1n) is 6.80. The third-order valence-electron chi connectivity index (χ3n) is 5.36. The molecule has 0 saturated heterocycles. The fraction of sp³-hybridized carbons (Fsp3) is 0.867. The van der Waals surface area contributed by atoms with Crippen molar-refractivity contribution in [2.45, 2.75) is 64.9 Å². The Hall–Kier alpha value is -0.300. The van der Waals surface area contributed by atoms with Crippen LogP contribution in [0.4, 0.5) is 0 Å². The normalized spacial score (nSPS) is 44.6. The van der Waals surface area contributed by atoms with E-state index < -0.39 is 5.60 Å². The van der Waals surface area contributed by atoms with Crippen molar-refractivity contribution in [1.29, 1.82) is 0 Å². The number of hydrogen-bond acceptors (Lipinski definition) is 1. The van der Waals surface area contributed by atoms with Crippen LogP contribution in [-0.2, 0) is 0 Å². The van der Waals surface area contributed by atoms with Crippen LogP contribution in [0.3, 0.4) is 0 Å². The van der Waals surface area contributed by atoms with Gasteiger partial charge in [-0.3, -0.25) is 0 Å². The Kier molecular flexibility index (Phi) is 2.94. The largest absolute Gasteiger partial charge is 0.385 e. The zero-order valence-corrected chi connectivity index (χ0v) is 11.1. The van der Waals surface area contributed by atoms with Gasteiger partial charge in [-0.1, -0.05) is 27.4 Å². The number of hydrogen-bond donors (Lipinski definition) is 1. The van der Waals surface area contributed by atoms with Crippen molar-refractivity contribution in [3.05, 3.63) is 12.2 Å². The monoisotopic (exact) mass is 222 g/mol. The average molecular weight is 222 g/mol. The Bertz CT molecular complexity index is 294. The maximum absolute atomic E-state index is 11.0. The SMILES string of the molecule is C=C1CCC[C@]2(C)CC[C@@H](C(C)C)C[C@]12O. The van der Waals surface area contributed by atoms with Gasteiger partial charge in [0.2, 0.25) is 0 Å². The minimum Gasteiger partial charge on any atom is -0.385 e. The van der Waals surface area contributed by atoms with E-state index in [4.69, 9.17) is 0 Å². The quantitative estimate of drug-likeness (QED) is 0.667. The second-order valence-electron chi connectivity index (χ2n) is 6.62.